The number of pyridine rings is 1. The van der Waals surface area contributed by atoms with Gasteiger partial charge >= 0.3 is 0 Å². The average molecular weight is 384 g/mol. The van der Waals surface area contributed by atoms with E-state index in [0.717, 1.165) is 67.7 Å². The smallest absolute Gasteiger partial charge is 0.230 e. The number of piperidine rings is 1. The van der Waals surface area contributed by atoms with E-state index in [1.165, 1.54) is 19.3 Å². The van der Waals surface area contributed by atoms with Gasteiger partial charge in [0.2, 0.25) is 5.91 Å². The summed E-state index contributed by atoms with van der Waals surface area (Å²) in [6, 6.07) is 7.86. The molecule has 3 rings (SSSR count). The topological polar surface area (TPSA) is 54.5 Å². The van der Waals surface area contributed by atoms with Crippen LogP contribution in [0.1, 0.15) is 51.9 Å². The molecule has 2 aromatic rings. The maximum absolute atomic E-state index is 13.5. The molecule has 28 heavy (non-hydrogen) atoms. The van der Waals surface area contributed by atoms with E-state index in [1.807, 2.05) is 35.4 Å². The third-order valence-electron chi connectivity index (χ3n) is 5.66. The molecule has 5 heteroatoms. The summed E-state index contributed by atoms with van der Waals surface area (Å²) in [5.74, 6) is 1.15. The zero-order valence-electron chi connectivity index (χ0n) is 17.2. The van der Waals surface area contributed by atoms with Crippen LogP contribution in [0.15, 0.2) is 30.5 Å². The van der Waals surface area contributed by atoms with E-state index in [0.29, 0.717) is 0 Å². The monoisotopic (exact) mass is 383 g/mol. The van der Waals surface area contributed by atoms with Crippen LogP contribution in [-0.4, -0.2) is 37.6 Å². The Morgan fingerprint density at radius 2 is 1.96 bits per heavy atom. The molecule has 1 aliphatic heterocycles. The molecular weight excluding hydrogens is 350 g/mol. The van der Waals surface area contributed by atoms with E-state index in [2.05, 4.69) is 17.2 Å². The number of anilines is 1. The predicted molar refractivity (Wildman–Crippen MR) is 115 cm³/mol. The molecule has 2 heterocycles. The lowest BCUT2D eigenvalue weighted by Crippen LogP contribution is -2.41. The molecule has 0 unspecified atom stereocenters. The van der Waals surface area contributed by atoms with Crippen molar-refractivity contribution < 1.29 is 9.53 Å². The van der Waals surface area contributed by atoms with Crippen molar-refractivity contribution in [1.82, 2.24) is 10.3 Å². The van der Waals surface area contributed by atoms with Crippen molar-refractivity contribution in [3.63, 3.8) is 0 Å². The van der Waals surface area contributed by atoms with Crippen LogP contribution < -0.4 is 15.0 Å². The van der Waals surface area contributed by atoms with Gasteiger partial charge in [0.05, 0.1) is 18.3 Å². The van der Waals surface area contributed by atoms with E-state index in [-0.39, 0.29) is 11.8 Å². The normalized spacial score (nSPS) is 14.9. The molecule has 0 atom stereocenters. The van der Waals surface area contributed by atoms with Crippen LogP contribution in [0.3, 0.4) is 0 Å². The summed E-state index contributed by atoms with van der Waals surface area (Å²) in [4.78, 5) is 20.0. The summed E-state index contributed by atoms with van der Waals surface area (Å²) in [5.41, 5.74) is 1.86. The first-order valence-electron chi connectivity index (χ1n) is 10.7. The third-order valence-corrected chi connectivity index (χ3v) is 5.66. The van der Waals surface area contributed by atoms with Crippen molar-refractivity contribution in [3.8, 4) is 5.75 Å². The van der Waals surface area contributed by atoms with Gasteiger partial charge in [-0.1, -0.05) is 32.6 Å². The zero-order valence-corrected chi connectivity index (χ0v) is 17.2. The first kappa shape index (κ1) is 20.6. The highest BCUT2D eigenvalue weighted by Gasteiger charge is 2.27. The van der Waals surface area contributed by atoms with Crippen molar-refractivity contribution in [2.75, 3.05) is 31.6 Å². The number of methoxy groups -OCH3 is 1. The number of fused-ring (bicyclic) bond motifs is 1. The van der Waals surface area contributed by atoms with Gasteiger partial charge in [0.25, 0.3) is 0 Å². The summed E-state index contributed by atoms with van der Waals surface area (Å²) in [6.45, 7) is 4.84. The third kappa shape index (κ3) is 5.02. The van der Waals surface area contributed by atoms with Gasteiger partial charge in [0.1, 0.15) is 5.75 Å². The lowest BCUT2D eigenvalue weighted by molar-refractivity contribution is -0.123. The van der Waals surface area contributed by atoms with Gasteiger partial charge < -0.3 is 15.0 Å². The highest BCUT2D eigenvalue weighted by Crippen LogP contribution is 2.31. The minimum absolute atomic E-state index is 0.103. The molecule has 0 bridgehead atoms. The summed E-state index contributed by atoms with van der Waals surface area (Å²) in [7, 11) is 1.67. The predicted octanol–water partition coefficient (Wildman–Crippen LogP) is 4.55. The molecule has 1 N–H and O–H groups in total. The van der Waals surface area contributed by atoms with Crippen molar-refractivity contribution >= 4 is 22.5 Å². The van der Waals surface area contributed by atoms with Crippen molar-refractivity contribution in [3.05, 3.63) is 30.5 Å². The van der Waals surface area contributed by atoms with Gasteiger partial charge in [-0.25, -0.2) is 0 Å². The maximum Gasteiger partial charge on any atom is 0.230 e. The van der Waals surface area contributed by atoms with Gasteiger partial charge in [-0.15, -0.1) is 0 Å². The van der Waals surface area contributed by atoms with Crippen molar-refractivity contribution in [2.45, 2.75) is 51.9 Å². The number of amides is 1. The first-order valence-corrected chi connectivity index (χ1v) is 10.7. The quantitative estimate of drug-likeness (QED) is 0.646. The molecule has 5 nitrogen and oxygen atoms in total. The van der Waals surface area contributed by atoms with Gasteiger partial charge in [0.15, 0.2) is 0 Å². The molecule has 1 saturated heterocycles. The number of hydrogen-bond donors (Lipinski definition) is 1. The molecule has 0 aliphatic carbocycles. The van der Waals surface area contributed by atoms with E-state index in [4.69, 9.17) is 4.74 Å². The Hall–Kier alpha value is -2.14. The minimum atomic E-state index is 0.103. The second kappa shape index (κ2) is 10.4. The summed E-state index contributed by atoms with van der Waals surface area (Å²) in [6.07, 6.45) is 9.56. The number of unbranched alkanes of at least 4 members (excludes halogenated alkanes) is 4. The molecule has 1 fully saturated rings. The van der Waals surface area contributed by atoms with Crippen LogP contribution in [-0.2, 0) is 4.79 Å². The number of rotatable bonds is 9. The minimum Gasteiger partial charge on any atom is -0.497 e. The molecular formula is C23H33N3O2. The lowest BCUT2D eigenvalue weighted by Gasteiger charge is -2.30. The Labute approximate surface area is 168 Å². The van der Waals surface area contributed by atoms with Gasteiger partial charge in [-0.05, 0) is 56.6 Å². The zero-order chi connectivity index (χ0) is 19.8. The Bertz CT molecular complexity index is 772. The van der Waals surface area contributed by atoms with Crippen LogP contribution in [0.5, 0.6) is 5.75 Å². The van der Waals surface area contributed by atoms with E-state index < -0.39 is 0 Å². The highest BCUT2D eigenvalue weighted by molar-refractivity contribution is 6.03. The number of carbonyl (C=O) groups excluding carboxylic acids is 1. The Morgan fingerprint density at radius 3 is 2.71 bits per heavy atom. The van der Waals surface area contributed by atoms with Crippen molar-refractivity contribution in [1.29, 1.82) is 0 Å². The van der Waals surface area contributed by atoms with Gasteiger partial charge in [-0.3, -0.25) is 9.78 Å². The standard InChI is InChI=1S/C23H33N3O2/c1-3-4-5-6-7-16-26(23(27)18-10-13-24-14-11-18)22-12-15-25-21-9-8-19(28-2)17-20(21)22/h8-9,12,15,17-18,24H,3-7,10-11,13-14,16H2,1-2H3. The van der Waals surface area contributed by atoms with Crippen LogP contribution in [0.2, 0.25) is 0 Å². The number of ether oxygens (including phenoxy) is 1. The number of aromatic nitrogens is 1. The summed E-state index contributed by atoms with van der Waals surface area (Å²) < 4.78 is 5.42. The summed E-state index contributed by atoms with van der Waals surface area (Å²) in [5, 5.41) is 4.35. The largest absolute Gasteiger partial charge is 0.497 e. The van der Waals surface area contributed by atoms with Gasteiger partial charge in [-0.2, -0.15) is 0 Å². The second-order valence-electron chi connectivity index (χ2n) is 7.64. The fourth-order valence-electron chi connectivity index (χ4n) is 3.99. The number of hydrogen-bond acceptors (Lipinski definition) is 4. The maximum atomic E-state index is 13.5. The van der Waals surface area contributed by atoms with Crippen LogP contribution >= 0.6 is 0 Å². The number of nitrogens with one attached hydrogen (secondary N) is 1. The van der Waals surface area contributed by atoms with Crippen molar-refractivity contribution in [2.24, 2.45) is 5.92 Å². The second-order valence-corrected chi connectivity index (χ2v) is 7.64. The average Bonchev–Trinajstić information content (AvgIpc) is 2.76. The number of benzene rings is 1. The Kier molecular flexibility index (Phi) is 7.66. The molecule has 1 aliphatic rings. The molecule has 1 aromatic carbocycles. The molecule has 1 aromatic heterocycles. The molecule has 0 radical (unpaired) electrons. The number of nitrogens with zero attached hydrogens (tertiary/aromatic N) is 2. The molecule has 1 amide bonds. The van der Waals surface area contributed by atoms with E-state index >= 15 is 0 Å². The van der Waals surface area contributed by atoms with Crippen LogP contribution in [0, 0.1) is 5.92 Å². The molecule has 152 valence electrons. The lowest BCUT2D eigenvalue weighted by atomic mass is 9.95. The first-order chi connectivity index (χ1) is 13.7. The Balaban J connectivity index is 1.88. The van der Waals surface area contributed by atoms with E-state index in [9.17, 15) is 4.79 Å². The molecule has 0 saturated carbocycles. The number of carbonyl (C=O) groups is 1. The fourth-order valence-corrected chi connectivity index (χ4v) is 3.99. The van der Waals surface area contributed by atoms with Crippen LogP contribution in [0.4, 0.5) is 5.69 Å². The van der Waals surface area contributed by atoms with Crippen LogP contribution in [0.25, 0.3) is 10.9 Å². The van der Waals surface area contributed by atoms with Gasteiger partial charge in [0, 0.05) is 24.0 Å². The molecule has 0 spiro atoms. The Morgan fingerprint density at radius 1 is 1.18 bits per heavy atom. The SMILES string of the molecule is CCCCCCCN(C(=O)C1CCNCC1)c1ccnc2ccc(OC)cc12. The van der Waals surface area contributed by atoms with E-state index in [1.54, 1.807) is 7.11 Å². The highest BCUT2D eigenvalue weighted by atomic mass is 16.5. The summed E-state index contributed by atoms with van der Waals surface area (Å²) >= 11 is 0. The fraction of sp³-hybridized carbons (Fsp3) is 0.565.